The van der Waals surface area contributed by atoms with E-state index in [0.29, 0.717) is 5.75 Å². The number of ether oxygens (including phenoxy) is 1. The van der Waals surface area contributed by atoms with Gasteiger partial charge in [0.2, 0.25) is 0 Å². The minimum Gasteiger partial charge on any atom is -0.481 e. The van der Waals surface area contributed by atoms with E-state index in [4.69, 9.17) is 4.74 Å². The van der Waals surface area contributed by atoms with Crippen molar-refractivity contribution in [3.63, 3.8) is 0 Å². The normalized spacial score (nSPS) is 11.9. The topological polar surface area (TPSA) is 63.6 Å². The lowest BCUT2D eigenvalue weighted by atomic mass is 10.1. The zero-order valence-corrected chi connectivity index (χ0v) is 14.4. The van der Waals surface area contributed by atoms with Crippen molar-refractivity contribution in [1.82, 2.24) is 10.4 Å². The van der Waals surface area contributed by atoms with Crippen molar-refractivity contribution in [1.29, 1.82) is 0 Å². The van der Waals surface area contributed by atoms with Gasteiger partial charge in [0.25, 0.3) is 5.91 Å². The Hall–Kier alpha value is -3.47. The molecule has 26 heavy (non-hydrogen) atoms. The third-order valence-electron chi connectivity index (χ3n) is 3.72. The van der Waals surface area contributed by atoms with Crippen molar-refractivity contribution >= 4 is 12.1 Å². The number of hydrogen-bond donors (Lipinski definition) is 1. The van der Waals surface area contributed by atoms with E-state index in [2.05, 4.69) is 15.5 Å². The maximum Gasteiger partial charge on any atom is 0.280 e. The molecule has 1 aromatic heterocycles. The van der Waals surface area contributed by atoms with Crippen LogP contribution < -0.4 is 10.2 Å². The number of benzene rings is 2. The molecule has 0 aliphatic heterocycles. The largest absolute Gasteiger partial charge is 0.481 e. The van der Waals surface area contributed by atoms with Gasteiger partial charge in [0.05, 0.1) is 6.21 Å². The van der Waals surface area contributed by atoms with Crippen LogP contribution in [0.5, 0.6) is 5.75 Å². The number of nitrogens with zero attached hydrogens (tertiary/aromatic N) is 2. The van der Waals surface area contributed by atoms with Gasteiger partial charge in [0.15, 0.2) is 6.10 Å². The zero-order chi connectivity index (χ0) is 18.2. The molecule has 130 valence electrons. The third kappa shape index (κ3) is 4.77. The molecule has 0 aliphatic carbocycles. The van der Waals surface area contributed by atoms with Crippen molar-refractivity contribution in [2.24, 2.45) is 5.10 Å². The summed E-state index contributed by atoms with van der Waals surface area (Å²) in [4.78, 5) is 16.0. The van der Waals surface area contributed by atoms with Gasteiger partial charge in [-0.25, -0.2) is 5.43 Å². The van der Waals surface area contributed by atoms with E-state index >= 15 is 0 Å². The highest BCUT2D eigenvalue weighted by Gasteiger charge is 2.13. The van der Waals surface area contributed by atoms with E-state index in [-0.39, 0.29) is 5.91 Å². The van der Waals surface area contributed by atoms with Gasteiger partial charge in [0.1, 0.15) is 5.75 Å². The van der Waals surface area contributed by atoms with Crippen LogP contribution in [0.25, 0.3) is 11.1 Å². The summed E-state index contributed by atoms with van der Waals surface area (Å²) in [6.07, 6.45) is 4.20. The molecular formula is C21H19N3O2. The first-order valence-corrected chi connectivity index (χ1v) is 8.27. The average molecular weight is 345 g/mol. The van der Waals surface area contributed by atoms with Crippen LogP contribution in [0.1, 0.15) is 12.5 Å². The smallest absolute Gasteiger partial charge is 0.280 e. The molecule has 1 unspecified atom stereocenters. The van der Waals surface area contributed by atoms with Crippen molar-refractivity contribution in [2.45, 2.75) is 13.0 Å². The lowest BCUT2D eigenvalue weighted by molar-refractivity contribution is -0.127. The highest BCUT2D eigenvalue weighted by atomic mass is 16.5. The van der Waals surface area contributed by atoms with Crippen LogP contribution in [-0.2, 0) is 4.79 Å². The summed E-state index contributed by atoms with van der Waals surface area (Å²) in [5.74, 6) is 0.306. The molecule has 1 N–H and O–H groups in total. The summed E-state index contributed by atoms with van der Waals surface area (Å²) in [6, 6.07) is 21.4. The van der Waals surface area contributed by atoms with Gasteiger partial charge in [-0.05, 0) is 36.2 Å². The molecule has 0 saturated heterocycles. The van der Waals surface area contributed by atoms with Crippen molar-refractivity contribution in [3.8, 4) is 16.9 Å². The van der Waals surface area contributed by atoms with E-state index in [1.165, 1.54) is 6.21 Å². The molecule has 0 saturated carbocycles. The molecule has 3 rings (SSSR count). The number of pyridine rings is 1. The Morgan fingerprint density at radius 2 is 1.77 bits per heavy atom. The van der Waals surface area contributed by atoms with E-state index < -0.39 is 6.10 Å². The average Bonchev–Trinajstić information content (AvgIpc) is 2.70. The molecule has 3 aromatic rings. The second-order valence-corrected chi connectivity index (χ2v) is 5.67. The number of aromatic nitrogens is 1. The number of nitrogens with one attached hydrogen (secondary N) is 1. The van der Waals surface area contributed by atoms with Crippen LogP contribution in [0.4, 0.5) is 0 Å². The molecule has 5 nitrogen and oxygen atoms in total. The van der Waals surface area contributed by atoms with Gasteiger partial charge in [-0.15, -0.1) is 0 Å². The van der Waals surface area contributed by atoms with Gasteiger partial charge in [-0.1, -0.05) is 48.5 Å². The summed E-state index contributed by atoms with van der Waals surface area (Å²) in [7, 11) is 0. The first-order chi connectivity index (χ1) is 12.7. The Morgan fingerprint density at radius 1 is 1.04 bits per heavy atom. The molecular weight excluding hydrogens is 326 g/mol. The number of hydrogen-bond acceptors (Lipinski definition) is 4. The molecule has 0 spiro atoms. The second-order valence-electron chi connectivity index (χ2n) is 5.67. The minimum atomic E-state index is -0.663. The Balaban J connectivity index is 1.54. The highest BCUT2D eigenvalue weighted by Crippen LogP contribution is 2.22. The van der Waals surface area contributed by atoms with Crippen molar-refractivity contribution in [3.05, 3.63) is 84.7 Å². The molecule has 0 fully saturated rings. The fourth-order valence-corrected chi connectivity index (χ4v) is 2.33. The molecule has 1 heterocycles. The molecule has 1 atom stereocenters. The first kappa shape index (κ1) is 17.4. The predicted octanol–water partition coefficient (Wildman–Crippen LogP) is 3.67. The third-order valence-corrected chi connectivity index (χ3v) is 3.72. The lowest BCUT2D eigenvalue weighted by Gasteiger charge is -2.13. The summed E-state index contributed by atoms with van der Waals surface area (Å²) < 4.78 is 5.67. The summed E-state index contributed by atoms with van der Waals surface area (Å²) >= 11 is 0. The summed E-state index contributed by atoms with van der Waals surface area (Å²) in [5, 5.41) is 3.91. The van der Waals surface area contributed by atoms with Gasteiger partial charge >= 0.3 is 0 Å². The number of carbonyl (C=O) groups is 1. The van der Waals surface area contributed by atoms with Gasteiger partial charge in [0, 0.05) is 18.0 Å². The van der Waals surface area contributed by atoms with Crippen molar-refractivity contribution < 1.29 is 9.53 Å². The Bertz CT molecular complexity index is 863. The zero-order valence-electron chi connectivity index (χ0n) is 14.4. The Morgan fingerprint density at radius 3 is 2.46 bits per heavy atom. The van der Waals surface area contributed by atoms with Crippen LogP contribution in [0.15, 0.2) is 84.2 Å². The number of rotatable bonds is 6. The maximum absolute atomic E-state index is 12.1. The van der Waals surface area contributed by atoms with Gasteiger partial charge < -0.3 is 4.74 Å². The maximum atomic E-state index is 12.1. The van der Waals surface area contributed by atoms with Gasteiger partial charge in [-0.2, -0.15) is 5.10 Å². The molecule has 0 radical (unpaired) electrons. The highest BCUT2D eigenvalue weighted by molar-refractivity contribution is 5.84. The van der Waals surface area contributed by atoms with Crippen LogP contribution >= 0.6 is 0 Å². The van der Waals surface area contributed by atoms with E-state index in [0.717, 1.165) is 16.7 Å². The summed E-state index contributed by atoms with van der Waals surface area (Å²) in [6.45, 7) is 1.68. The molecule has 5 heteroatoms. The molecule has 2 aromatic carbocycles. The van der Waals surface area contributed by atoms with Crippen LogP contribution in [-0.4, -0.2) is 23.2 Å². The fraction of sp³-hybridized carbons (Fsp3) is 0.0952. The second kappa shape index (κ2) is 8.58. The molecule has 0 aliphatic rings. The Kier molecular flexibility index (Phi) is 5.72. The summed E-state index contributed by atoms with van der Waals surface area (Å²) in [5.41, 5.74) is 5.50. The van der Waals surface area contributed by atoms with Crippen LogP contribution in [0.2, 0.25) is 0 Å². The first-order valence-electron chi connectivity index (χ1n) is 8.27. The number of hydrazone groups is 1. The number of amides is 1. The fourth-order valence-electron chi connectivity index (χ4n) is 2.33. The van der Waals surface area contributed by atoms with E-state index in [1.54, 1.807) is 25.4 Å². The standard InChI is InChI=1S/C21H19N3O2/c1-16(21(25)24-23-15-17-6-5-13-22-14-17)26-20-11-9-19(10-12-20)18-7-3-2-4-8-18/h2-16H,1H3,(H,24,25). The van der Waals surface area contributed by atoms with Gasteiger partial charge in [-0.3, -0.25) is 9.78 Å². The minimum absolute atomic E-state index is 0.322. The number of carbonyl (C=O) groups excluding carboxylic acids is 1. The van der Waals surface area contributed by atoms with Crippen LogP contribution in [0.3, 0.4) is 0 Å². The van der Waals surface area contributed by atoms with Crippen molar-refractivity contribution in [2.75, 3.05) is 0 Å². The Labute approximate surface area is 152 Å². The van der Waals surface area contributed by atoms with E-state index in [1.807, 2.05) is 60.7 Å². The van der Waals surface area contributed by atoms with Crippen LogP contribution in [0, 0.1) is 0 Å². The monoisotopic (exact) mass is 345 g/mol. The quantitative estimate of drug-likeness (QED) is 0.548. The lowest BCUT2D eigenvalue weighted by Crippen LogP contribution is -2.33. The molecule has 1 amide bonds. The molecule has 0 bridgehead atoms. The predicted molar refractivity (Wildman–Crippen MR) is 102 cm³/mol. The van der Waals surface area contributed by atoms with E-state index in [9.17, 15) is 4.79 Å². The SMILES string of the molecule is CC(Oc1ccc(-c2ccccc2)cc1)C(=O)NN=Cc1cccnc1.